The van der Waals surface area contributed by atoms with E-state index in [4.69, 9.17) is 14.2 Å². The van der Waals surface area contributed by atoms with Crippen molar-refractivity contribution in [3.05, 3.63) is 18.2 Å². The minimum Gasteiger partial charge on any atom is -0.493 e. The van der Waals surface area contributed by atoms with Crippen LogP contribution in [-0.4, -0.2) is 45.4 Å². The Morgan fingerprint density at radius 1 is 1.35 bits per heavy atom. The van der Waals surface area contributed by atoms with Gasteiger partial charge in [0.15, 0.2) is 11.5 Å². The molecule has 1 atom stereocenters. The molecule has 1 aromatic rings. The number of carbonyl (C=O) groups excluding carboxylic acids is 2. The van der Waals surface area contributed by atoms with E-state index in [1.807, 2.05) is 6.92 Å². The van der Waals surface area contributed by atoms with E-state index in [2.05, 4.69) is 5.32 Å². The van der Waals surface area contributed by atoms with Gasteiger partial charge in [-0.3, -0.25) is 9.69 Å². The number of methoxy groups -OCH3 is 2. The van der Waals surface area contributed by atoms with Crippen molar-refractivity contribution in [1.82, 2.24) is 5.32 Å². The van der Waals surface area contributed by atoms with Crippen LogP contribution in [0.4, 0.5) is 10.5 Å². The number of rotatable bonds is 7. The Bertz CT molecular complexity index is 576. The van der Waals surface area contributed by atoms with Crippen molar-refractivity contribution in [3.8, 4) is 11.5 Å². The minimum atomic E-state index is -0.438. The molecule has 1 aliphatic rings. The lowest BCUT2D eigenvalue weighted by Crippen LogP contribution is -2.34. The van der Waals surface area contributed by atoms with Gasteiger partial charge in [-0.2, -0.15) is 0 Å². The van der Waals surface area contributed by atoms with Crippen LogP contribution in [-0.2, 0) is 9.53 Å². The van der Waals surface area contributed by atoms with Gasteiger partial charge in [0.1, 0.15) is 6.10 Å². The molecule has 2 amide bonds. The number of nitrogens with zero attached hydrogens (tertiary/aromatic N) is 1. The summed E-state index contributed by atoms with van der Waals surface area (Å²) in [6.45, 7) is 2.63. The van der Waals surface area contributed by atoms with Crippen LogP contribution in [0.2, 0.25) is 0 Å². The predicted octanol–water partition coefficient (Wildman–Crippen LogP) is 1.95. The third kappa shape index (κ3) is 4.06. The molecule has 1 heterocycles. The summed E-state index contributed by atoms with van der Waals surface area (Å²) < 4.78 is 15.7. The number of benzene rings is 1. The van der Waals surface area contributed by atoms with Gasteiger partial charge in [-0.05, 0) is 18.6 Å². The average molecular weight is 322 g/mol. The summed E-state index contributed by atoms with van der Waals surface area (Å²) in [5, 5.41) is 2.77. The third-order valence-electron chi connectivity index (χ3n) is 3.56. The maximum absolute atomic E-state index is 12.0. The lowest BCUT2D eigenvalue weighted by Gasteiger charge is -2.15. The lowest BCUT2D eigenvalue weighted by atomic mass is 10.2. The highest BCUT2D eigenvalue weighted by atomic mass is 16.6. The summed E-state index contributed by atoms with van der Waals surface area (Å²) in [5.41, 5.74) is 0.662. The van der Waals surface area contributed by atoms with Crippen molar-refractivity contribution in [1.29, 1.82) is 0 Å². The van der Waals surface area contributed by atoms with E-state index in [0.717, 1.165) is 6.42 Å². The normalized spacial score (nSPS) is 16.9. The topological polar surface area (TPSA) is 77.1 Å². The maximum atomic E-state index is 12.0. The van der Waals surface area contributed by atoms with Gasteiger partial charge in [0.2, 0.25) is 5.91 Å². The molecule has 1 unspecified atom stereocenters. The quantitative estimate of drug-likeness (QED) is 0.830. The van der Waals surface area contributed by atoms with Gasteiger partial charge in [0, 0.05) is 12.5 Å². The van der Waals surface area contributed by atoms with Crippen LogP contribution in [0.15, 0.2) is 18.2 Å². The zero-order valence-electron chi connectivity index (χ0n) is 13.6. The molecule has 1 aliphatic heterocycles. The SMILES string of the molecule is CCCC(=O)NCC1CN(c2ccc(OC)c(OC)c2)C(=O)O1. The first kappa shape index (κ1) is 16.9. The largest absolute Gasteiger partial charge is 0.493 e. The highest BCUT2D eigenvalue weighted by molar-refractivity contribution is 5.90. The Morgan fingerprint density at radius 3 is 2.74 bits per heavy atom. The van der Waals surface area contributed by atoms with Gasteiger partial charge in [-0.25, -0.2) is 4.79 Å². The highest BCUT2D eigenvalue weighted by Gasteiger charge is 2.32. The van der Waals surface area contributed by atoms with Gasteiger partial charge in [-0.15, -0.1) is 0 Å². The molecule has 126 valence electrons. The summed E-state index contributed by atoms with van der Waals surface area (Å²) in [6, 6.07) is 5.22. The lowest BCUT2D eigenvalue weighted by molar-refractivity contribution is -0.121. The zero-order valence-corrected chi connectivity index (χ0v) is 13.6. The summed E-state index contributed by atoms with van der Waals surface area (Å²) in [5.74, 6) is 1.10. The molecule has 0 radical (unpaired) electrons. The molecule has 1 saturated heterocycles. The monoisotopic (exact) mass is 322 g/mol. The number of amides is 2. The van der Waals surface area contributed by atoms with Crippen LogP contribution in [0.25, 0.3) is 0 Å². The van der Waals surface area contributed by atoms with E-state index in [0.29, 0.717) is 36.7 Å². The van der Waals surface area contributed by atoms with Crippen LogP contribution < -0.4 is 19.7 Å². The fourth-order valence-electron chi connectivity index (χ4n) is 2.37. The summed E-state index contributed by atoms with van der Waals surface area (Å²) in [7, 11) is 3.09. The fraction of sp³-hybridized carbons (Fsp3) is 0.500. The van der Waals surface area contributed by atoms with Crippen molar-refractivity contribution in [2.45, 2.75) is 25.9 Å². The molecule has 7 nitrogen and oxygen atoms in total. The molecule has 23 heavy (non-hydrogen) atoms. The molecule has 0 saturated carbocycles. The van der Waals surface area contributed by atoms with Gasteiger partial charge in [0.25, 0.3) is 0 Å². The minimum absolute atomic E-state index is 0.0342. The number of hydrogen-bond donors (Lipinski definition) is 1. The van der Waals surface area contributed by atoms with E-state index < -0.39 is 6.09 Å². The Balaban J connectivity index is 2.01. The van der Waals surface area contributed by atoms with E-state index in [1.165, 1.54) is 12.0 Å². The van der Waals surface area contributed by atoms with Crippen molar-refractivity contribution >= 4 is 17.7 Å². The van der Waals surface area contributed by atoms with Crippen LogP contribution in [0, 0.1) is 0 Å². The number of ether oxygens (including phenoxy) is 3. The highest BCUT2D eigenvalue weighted by Crippen LogP contribution is 2.33. The Kier molecular flexibility index (Phi) is 5.67. The molecule has 1 fully saturated rings. The molecular weight excluding hydrogens is 300 g/mol. The third-order valence-corrected chi connectivity index (χ3v) is 3.56. The standard InChI is InChI=1S/C16H22N2O5/c1-4-5-15(19)17-9-12-10-18(16(20)23-12)11-6-7-13(21-2)14(8-11)22-3/h6-8,12H,4-5,9-10H2,1-3H3,(H,17,19). The van der Waals surface area contributed by atoms with Gasteiger partial charge in [0.05, 0.1) is 33.0 Å². The second kappa shape index (κ2) is 7.71. The van der Waals surface area contributed by atoms with Crippen molar-refractivity contribution < 1.29 is 23.8 Å². The van der Waals surface area contributed by atoms with Crippen LogP contribution in [0.3, 0.4) is 0 Å². The van der Waals surface area contributed by atoms with Crippen molar-refractivity contribution in [2.24, 2.45) is 0 Å². The molecule has 7 heteroatoms. The number of hydrogen-bond acceptors (Lipinski definition) is 5. The van der Waals surface area contributed by atoms with Crippen molar-refractivity contribution in [3.63, 3.8) is 0 Å². The molecule has 0 aromatic heterocycles. The zero-order chi connectivity index (χ0) is 16.8. The fourth-order valence-corrected chi connectivity index (χ4v) is 2.37. The van der Waals surface area contributed by atoms with Gasteiger partial charge < -0.3 is 19.5 Å². The first-order valence-electron chi connectivity index (χ1n) is 7.56. The number of nitrogens with one attached hydrogen (secondary N) is 1. The Hall–Kier alpha value is -2.44. The van der Waals surface area contributed by atoms with Gasteiger partial charge >= 0.3 is 6.09 Å². The number of anilines is 1. The molecule has 0 bridgehead atoms. The van der Waals surface area contributed by atoms with E-state index in [-0.39, 0.29) is 12.0 Å². The first-order valence-corrected chi connectivity index (χ1v) is 7.56. The first-order chi connectivity index (χ1) is 11.1. The Labute approximate surface area is 135 Å². The van der Waals surface area contributed by atoms with Gasteiger partial charge in [-0.1, -0.05) is 6.92 Å². The second-order valence-electron chi connectivity index (χ2n) is 5.21. The van der Waals surface area contributed by atoms with Crippen molar-refractivity contribution in [2.75, 3.05) is 32.2 Å². The summed E-state index contributed by atoms with van der Waals surface area (Å²) >= 11 is 0. The van der Waals surface area contributed by atoms with Crippen LogP contribution in [0.5, 0.6) is 11.5 Å². The number of carbonyl (C=O) groups is 2. The Morgan fingerprint density at radius 2 is 2.09 bits per heavy atom. The molecular formula is C16H22N2O5. The summed E-state index contributed by atoms with van der Waals surface area (Å²) in [6.07, 6.45) is 0.456. The van der Waals surface area contributed by atoms with Crippen LogP contribution >= 0.6 is 0 Å². The average Bonchev–Trinajstić information content (AvgIpc) is 2.93. The smallest absolute Gasteiger partial charge is 0.414 e. The molecule has 1 aromatic carbocycles. The second-order valence-corrected chi connectivity index (χ2v) is 5.21. The van der Waals surface area contributed by atoms with E-state index in [1.54, 1.807) is 25.3 Å². The summed E-state index contributed by atoms with van der Waals surface area (Å²) in [4.78, 5) is 25.0. The molecule has 1 N–H and O–H groups in total. The van der Waals surface area contributed by atoms with E-state index >= 15 is 0 Å². The number of cyclic esters (lactones) is 1. The predicted molar refractivity (Wildman–Crippen MR) is 85.1 cm³/mol. The van der Waals surface area contributed by atoms with E-state index in [9.17, 15) is 9.59 Å². The maximum Gasteiger partial charge on any atom is 0.414 e. The molecule has 2 rings (SSSR count). The molecule has 0 spiro atoms. The van der Waals surface area contributed by atoms with Crippen LogP contribution in [0.1, 0.15) is 19.8 Å². The molecule has 0 aliphatic carbocycles.